The Hall–Kier alpha value is -1.16. The van der Waals surface area contributed by atoms with Crippen LogP contribution < -0.4 is 0 Å². The van der Waals surface area contributed by atoms with Crippen LogP contribution >= 0.6 is 0 Å². The third kappa shape index (κ3) is 3.29. The van der Waals surface area contributed by atoms with Crippen molar-refractivity contribution in [3.05, 3.63) is 48.6 Å². The van der Waals surface area contributed by atoms with Crippen LogP contribution in [0.25, 0.3) is 0 Å². The standard InChI is InChI=1S/C17H24O3/c1-5-15-12(2)13(3)16(17(18-4)20-15)19-11-14-9-7-6-8-10-14/h5-10,12-13,15-17H,1,11H2,2-4H3/t12-,13?,15?,16-,17-/m0/s1. The summed E-state index contributed by atoms with van der Waals surface area (Å²) in [4.78, 5) is 0. The van der Waals surface area contributed by atoms with Crippen molar-refractivity contribution < 1.29 is 14.2 Å². The smallest absolute Gasteiger partial charge is 0.184 e. The molecule has 0 aromatic heterocycles. The molecule has 1 fully saturated rings. The molecule has 0 bridgehead atoms. The maximum atomic E-state index is 6.06. The fraction of sp³-hybridized carbons (Fsp3) is 0.529. The van der Waals surface area contributed by atoms with Crippen molar-refractivity contribution in [2.24, 2.45) is 11.8 Å². The van der Waals surface area contributed by atoms with E-state index in [0.29, 0.717) is 18.4 Å². The lowest BCUT2D eigenvalue weighted by atomic mass is 9.83. The number of benzene rings is 1. The van der Waals surface area contributed by atoms with Gasteiger partial charge in [-0.3, -0.25) is 0 Å². The van der Waals surface area contributed by atoms with Crippen LogP contribution in [0.3, 0.4) is 0 Å². The minimum Gasteiger partial charge on any atom is -0.368 e. The highest BCUT2D eigenvalue weighted by Gasteiger charge is 2.41. The zero-order chi connectivity index (χ0) is 14.5. The van der Waals surface area contributed by atoms with Crippen LogP contribution in [-0.2, 0) is 20.8 Å². The zero-order valence-electron chi connectivity index (χ0n) is 12.5. The summed E-state index contributed by atoms with van der Waals surface area (Å²) in [6.45, 7) is 8.76. The third-order valence-corrected chi connectivity index (χ3v) is 4.18. The summed E-state index contributed by atoms with van der Waals surface area (Å²) in [5.41, 5.74) is 1.16. The molecule has 1 heterocycles. The molecule has 1 saturated heterocycles. The van der Waals surface area contributed by atoms with Crippen LogP contribution in [0.2, 0.25) is 0 Å². The van der Waals surface area contributed by atoms with Gasteiger partial charge in [-0.1, -0.05) is 50.3 Å². The summed E-state index contributed by atoms with van der Waals surface area (Å²) in [7, 11) is 1.66. The van der Waals surface area contributed by atoms with E-state index in [1.807, 2.05) is 24.3 Å². The molecule has 110 valence electrons. The molecule has 20 heavy (non-hydrogen) atoms. The summed E-state index contributed by atoms with van der Waals surface area (Å²) < 4.78 is 17.4. The maximum Gasteiger partial charge on any atom is 0.184 e. The third-order valence-electron chi connectivity index (χ3n) is 4.18. The predicted molar refractivity (Wildman–Crippen MR) is 79.2 cm³/mol. The van der Waals surface area contributed by atoms with E-state index >= 15 is 0 Å². The van der Waals surface area contributed by atoms with Gasteiger partial charge in [0.2, 0.25) is 0 Å². The molecule has 0 N–H and O–H groups in total. The van der Waals surface area contributed by atoms with Gasteiger partial charge in [-0.2, -0.15) is 0 Å². The Kier molecular flexibility index (Phi) is 5.35. The van der Waals surface area contributed by atoms with Gasteiger partial charge in [0.15, 0.2) is 6.29 Å². The quantitative estimate of drug-likeness (QED) is 0.771. The lowest BCUT2D eigenvalue weighted by Gasteiger charge is -2.43. The van der Waals surface area contributed by atoms with Crippen molar-refractivity contribution in [2.45, 2.75) is 39.0 Å². The predicted octanol–water partition coefficient (Wildman–Crippen LogP) is 3.40. The normalized spacial score (nSPS) is 33.9. The molecule has 5 atom stereocenters. The van der Waals surface area contributed by atoms with Crippen LogP contribution in [0.1, 0.15) is 19.4 Å². The molecule has 1 aromatic carbocycles. The Balaban J connectivity index is 2.02. The average molecular weight is 276 g/mol. The van der Waals surface area contributed by atoms with E-state index in [1.54, 1.807) is 7.11 Å². The largest absolute Gasteiger partial charge is 0.368 e. The first-order chi connectivity index (χ1) is 9.67. The SMILES string of the molecule is C=CC1O[C@H](OC)[C@@H](OCc2ccccc2)C(C)[C@@H]1C. The molecule has 0 aliphatic carbocycles. The van der Waals surface area contributed by atoms with Gasteiger partial charge in [0.05, 0.1) is 12.7 Å². The Morgan fingerprint density at radius 3 is 2.50 bits per heavy atom. The highest BCUT2D eigenvalue weighted by Crippen LogP contribution is 2.33. The lowest BCUT2D eigenvalue weighted by molar-refractivity contribution is -0.264. The highest BCUT2D eigenvalue weighted by atomic mass is 16.7. The zero-order valence-corrected chi connectivity index (χ0v) is 12.5. The van der Waals surface area contributed by atoms with Crippen molar-refractivity contribution in [1.29, 1.82) is 0 Å². The van der Waals surface area contributed by atoms with Crippen LogP contribution in [0.15, 0.2) is 43.0 Å². The molecule has 1 aliphatic heterocycles. The molecular formula is C17H24O3. The van der Waals surface area contributed by atoms with Gasteiger partial charge in [0, 0.05) is 7.11 Å². The van der Waals surface area contributed by atoms with Crippen LogP contribution in [0, 0.1) is 11.8 Å². The van der Waals surface area contributed by atoms with Crippen molar-refractivity contribution in [1.82, 2.24) is 0 Å². The Morgan fingerprint density at radius 1 is 1.20 bits per heavy atom. The van der Waals surface area contributed by atoms with Gasteiger partial charge in [-0.05, 0) is 17.4 Å². The molecule has 3 nitrogen and oxygen atoms in total. The molecular weight excluding hydrogens is 252 g/mol. The second kappa shape index (κ2) is 7.02. The monoisotopic (exact) mass is 276 g/mol. The lowest BCUT2D eigenvalue weighted by Crippen LogP contribution is -2.50. The number of hydrogen-bond donors (Lipinski definition) is 0. The Morgan fingerprint density at radius 2 is 1.90 bits per heavy atom. The summed E-state index contributed by atoms with van der Waals surface area (Å²) in [6, 6.07) is 10.2. The van der Waals surface area contributed by atoms with Gasteiger partial charge in [0.1, 0.15) is 6.10 Å². The maximum absolute atomic E-state index is 6.06. The molecule has 0 spiro atoms. The van der Waals surface area contributed by atoms with Gasteiger partial charge in [-0.25, -0.2) is 0 Å². The number of rotatable bonds is 5. The van der Waals surface area contributed by atoms with Gasteiger partial charge >= 0.3 is 0 Å². The molecule has 1 aliphatic rings. The highest BCUT2D eigenvalue weighted by molar-refractivity contribution is 5.13. The fourth-order valence-corrected chi connectivity index (χ4v) is 2.66. The van der Waals surface area contributed by atoms with Gasteiger partial charge in [-0.15, -0.1) is 6.58 Å². The minimum absolute atomic E-state index is 0.0199. The Labute approximate surface area is 121 Å². The molecule has 0 saturated carbocycles. The van der Waals surface area contributed by atoms with Crippen LogP contribution in [0.4, 0.5) is 0 Å². The number of hydrogen-bond acceptors (Lipinski definition) is 3. The van der Waals surface area contributed by atoms with Gasteiger partial charge < -0.3 is 14.2 Å². The second-order valence-electron chi connectivity index (χ2n) is 5.42. The topological polar surface area (TPSA) is 27.7 Å². The van der Waals surface area contributed by atoms with E-state index in [9.17, 15) is 0 Å². The second-order valence-corrected chi connectivity index (χ2v) is 5.42. The van der Waals surface area contributed by atoms with Gasteiger partial charge in [0.25, 0.3) is 0 Å². The van der Waals surface area contributed by atoms with Crippen LogP contribution in [-0.4, -0.2) is 25.6 Å². The molecule has 0 radical (unpaired) electrons. The number of methoxy groups -OCH3 is 1. The Bertz CT molecular complexity index is 416. The average Bonchev–Trinajstić information content (AvgIpc) is 2.49. The summed E-state index contributed by atoms with van der Waals surface area (Å²) >= 11 is 0. The molecule has 1 aromatic rings. The van der Waals surface area contributed by atoms with E-state index < -0.39 is 0 Å². The van der Waals surface area contributed by atoms with E-state index in [2.05, 4.69) is 32.6 Å². The van der Waals surface area contributed by atoms with E-state index in [-0.39, 0.29) is 18.5 Å². The minimum atomic E-state index is -0.340. The molecule has 0 amide bonds. The summed E-state index contributed by atoms with van der Waals surface area (Å²) in [5.74, 6) is 0.708. The first kappa shape index (κ1) is 15.2. The van der Waals surface area contributed by atoms with E-state index in [4.69, 9.17) is 14.2 Å². The van der Waals surface area contributed by atoms with E-state index in [0.717, 1.165) is 5.56 Å². The molecule has 3 heteroatoms. The molecule has 2 rings (SSSR count). The summed E-state index contributed by atoms with van der Waals surface area (Å²) in [6.07, 6.45) is 1.46. The first-order valence-corrected chi connectivity index (χ1v) is 7.13. The van der Waals surface area contributed by atoms with Crippen molar-refractivity contribution in [3.63, 3.8) is 0 Å². The summed E-state index contributed by atoms with van der Waals surface area (Å²) in [5, 5.41) is 0. The fourth-order valence-electron chi connectivity index (χ4n) is 2.66. The molecule has 2 unspecified atom stereocenters. The number of ether oxygens (including phenoxy) is 3. The van der Waals surface area contributed by atoms with Crippen molar-refractivity contribution >= 4 is 0 Å². The van der Waals surface area contributed by atoms with Crippen molar-refractivity contribution in [2.75, 3.05) is 7.11 Å². The van der Waals surface area contributed by atoms with Crippen molar-refractivity contribution in [3.8, 4) is 0 Å². The first-order valence-electron chi connectivity index (χ1n) is 7.13. The van der Waals surface area contributed by atoms with Crippen LogP contribution in [0.5, 0.6) is 0 Å². The van der Waals surface area contributed by atoms with E-state index in [1.165, 1.54) is 0 Å².